The number of halogens is 2. The van der Waals surface area contributed by atoms with Gasteiger partial charge in [0, 0.05) is 25.1 Å². The highest BCUT2D eigenvalue weighted by atomic mass is 32.1. The lowest BCUT2D eigenvalue weighted by Gasteiger charge is -2.21. The quantitative estimate of drug-likeness (QED) is 0.794. The monoisotopic (exact) mass is 282 g/mol. The maximum Gasteiger partial charge on any atom is 0.232 e. The number of rotatable bonds is 1. The summed E-state index contributed by atoms with van der Waals surface area (Å²) >= 11 is 5.06. The summed E-state index contributed by atoms with van der Waals surface area (Å²) in [7, 11) is 1.65. The predicted octanol–water partition coefficient (Wildman–Crippen LogP) is 1.57. The van der Waals surface area contributed by atoms with Gasteiger partial charge in [0.05, 0.1) is 5.92 Å². The van der Waals surface area contributed by atoms with Crippen LogP contribution in [0.3, 0.4) is 0 Å². The first kappa shape index (κ1) is 12.5. The van der Waals surface area contributed by atoms with Gasteiger partial charge in [-0.25, -0.2) is 8.78 Å². The van der Waals surface area contributed by atoms with Crippen LogP contribution >= 0.6 is 12.2 Å². The smallest absolute Gasteiger partial charge is 0.232 e. The first-order valence-corrected chi connectivity index (χ1v) is 6.38. The Morgan fingerprint density at radius 1 is 1.42 bits per heavy atom. The Kier molecular flexibility index (Phi) is 2.60. The largest absolute Gasteiger partial charge is 0.365 e. The molecule has 1 heterocycles. The number of piperidine rings is 1. The SMILES string of the molecule is CNC(=S)N1CC2(c3cc(F)cc(F)c3)CC2C1=O. The fraction of sp³-hybridized carbons (Fsp3) is 0.385. The molecule has 1 saturated carbocycles. The van der Waals surface area contributed by atoms with Gasteiger partial charge in [0.2, 0.25) is 5.91 Å². The van der Waals surface area contributed by atoms with Gasteiger partial charge in [-0.15, -0.1) is 0 Å². The topological polar surface area (TPSA) is 32.3 Å². The number of thiocarbonyl (C=S) groups is 1. The van der Waals surface area contributed by atoms with Crippen LogP contribution in [0.5, 0.6) is 0 Å². The van der Waals surface area contributed by atoms with Crippen molar-refractivity contribution >= 4 is 23.2 Å². The maximum absolute atomic E-state index is 13.3. The molecule has 2 fully saturated rings. The van der Waals surface area contributed by atoms with Crippen LogP contribution in [0.4, 0.5) is 8.78 Å². The number of nitrogens with zero attached hydrogens (tertiary/aromatic N) is 1. The highest BCUT2D eigenvalue weighted by Gasteiger charge is 2.66. The molecule has 1 aliphatic heterocycles. The molecule has 2 unspecified atom stereocenters. The molecule has 19 heavy (non-hydrogen) atoms. The van der Waals surface area contributed by atoms with E-state index in [2.05, 4.69) is 5.32 Å². The Bertz CT molecular complexity index is 572. The summed E-state index contributed by atoms with van der Waals surface area (Å²) < 4.78 is 26.6. The van der Waals surface area contributed by atoms with Gasteiger partial charge >= 0.3 is 0 Å². The van der Waals surface area contributed by atoms with Crippen LogP contribution in [0, 0.1) is 17.6 Å². The number of carbonyl (C=O) groups excluding carboxylic acids is 1. The van der Waals surface area contributed by atoms with E-state index in [0.29, 0.717) is 23.6 Å². The van der Waals surface area contributed by atoms with E-state index in [4.69, 9.17) is 12.2 Å². The van der Waals surface area contributed by atoms with E-state index in [0.717, 1.165) is 6.07 Å². The molecule has 100 valence electrons. The molecular weight excluding hydrogens is 270 g/mol. The van der Waals surface area contributed by atoms with E-state index in [-0.39, 0.29) is 11.8 Å². The van der Waals surface area contributed by atoms with Crippen LogP contribution in [-0.4, -0.2) is 29.5 Å². The minimum Gasteiger partial charge on any atom is -0.365 e. The van der Waals surface area contributed by atoms with Crippen LogP contribution in [-0.2, 0) is 10.2 Å². The molecule has 3 rings (SSSR count). The molecule has 1 amide bonds. The molecule has 0 bridgehead atoms. The van der Waals surface area contributed by atoms with Gasteiger partial charge < -0.3 is 5.32 Å². The van der Waals surface area contributed by atoms with E-state index >= 15 is 0 Å². The molecule has 6 heteroatoms. The zero-order valence-electron chi connectivity index (χ0n) is 10.2. The van der Waals surface area contributed by atoms with Gasteiger partial charge in [-0.3, -0.25) is 9.69 Å². The summed E-state index contributed by atoms with van der Waals surface area (Å²) in [5.74, 6) is -1.50. The Hall–Kier alpha value is -1.56. The molecule has 3 nitrogen and oxygen atoms in total. The van der Waals surface area contributed by atoms with Crippen molar-refractivity contribution in [2.45, 2.75) is 11.8 Å². The molecule has 2 atom stereocenters. The first-order valence-electron chi connectivity index (χ1n) is 5.97. The average molecular weight is 282 g/mol. The normalized spacial score (nSPS) is 28.3. The van der Waals surface area contributed by atoms with Gasteiger partial charge in [-0.1, -0.05) is 0 Å². The molecule has 1 aromatic rings. The number of fused-ring (bicyclic) bond motifs is 1. The molecule has 1 aromatic carbocycles. The summed E-state index contributed by atoms with van der Waals surface area (Å²) in [5.41, 5.74) is 0.0748. The third-order valence-corrected chi connectivity index (χ3v) is 4.40. The Morgan fingerprint density at radius 2 is 2.05 bits per heavy atom. The van der Waals surface area contributed by atoms with Crippen molar-refractivity contribution in [2.24, 2.45) is 5.92 Å². The van der Waals surface area contributed by atoms with Crippen molar-refractivity contribution < 1.29 is 13.6 Å². The fourth-order valence-corrected chi connectivity index (χ4v) is 3.06. The van der Waals surface area contributed by atoms with Crippen LogP contribution in [0.25, 0.3) is 0 Å². The lowest BCUT2D eigenvalue weighted by molar-refractivity contribution is -0.126. The van der Waals surface area contributed by atoms with E-state index in [1.54, 1.807) is 7.05 Å². The van der Waals surface area contributed by atoms with Gasteiger partial charge in [-0.05, 0) is 36.3 Å². The van der Waals surface area contributed by atoms with E-state index in [1.807, 2.05) is 0 Å². The van der Waals surface area contributed by atoms with Crippen molar-refractivity contribution in [1.29, 1.82) is 0 Å². The molecule has 2 aliphatic rings. The average Bonchev–Trinajstić information content (AvgIpc) is 3.02. The maximum atomic E-state index is 13.3. The number of amides is 1. The minimum absolute atomic E-state index is 0.0657. The summed E-state index contributed by atoms with van der Waals surface area (Å²) in [4.78, 5) is 13.6. The van der Waals surface area contributed by atoms with Gasteiger partial charge in [0.25, 0.3) is 0 Å². The summed E-state index contributed by atoms with van der Waals surface area (Å²) in [6.07, 6.45) is 0.636. The van der Waals surface area contributed by atoms with Gasteiger partial charge in [0.1, 0.15) is 11.6 Å². The highest BCUT2D eigenvalue weighted by Crippen LogP contribution is 2.59. The molecule has 0 aromatic heterocycles. The van der Waals surface area contributed by atoms with Crippen LogP contribution in [0.15, 0.2) is 18.2 Å². The zero-order chi connectivity index (χ0) is 13.8. The second-order valence-corrected chi connectivity index (χ2v) is 5.44. The Labute approximate surface area is 114 Å². The molecule has 1 aliphatic carbocycles. The second-order valence-electron chi connectivity index (χ2n) is 5.05. The number of benzene rings is 1. The third kappa shape index (κ3) is 1.74. The number of nitrogens with one attached hydrogen (secondary N) is 1. The zero-order valence-corrected chi connectivity index (χ0v) is 11.1. The number of hydrogen-bond donors (Lipinski definition) is 1. The van der Waals surface area contributed by atoms with Crippen molar-refractivity contribution in [1.82, 2.24) is 10.2 Å². The second kappa shape index (κ2) is 3.96. The number of hydrogen-bond acceptors (Lipinski definition) is 2. The van der Waals surface area contributed by atoms with Crippen LogP contribution in [0.1, 0.15) is 12.0 Å². The van der Waals surface area contributed by atoms with E-state index in [1.165, 1.54) is 17.0 Å². The standard InChI is InChI=1S/C13H12F2N2OS/c1-16-12(19)17-6-13(5-10(13)11(17)18)7-2-8(14)4-9(15)3-7/h2-4,10H,5-6H2,1H3,(H,16,19). The molecule has 0 radical (unpaired) electrons. The molecule has 0 spiro atoms. The Balaban J connectivity index is 1.95. The van der Waals surface area contributed by atoms with Crippen molar-refractivity contribution in [2.75, 3.05) is 13.6 Å². The first-order chi connectivity index (χ1) is 8.98. The summed E-state index contributed by atoms with van der Waals surface area (Å²) in [6, 6.07) is 3.45. The van der Waals surface area contributed by atoms with Crippen molar-refractivity contribution in [3.63, 3.8) is 0 Å². The summed E-state index contributed by atoms with van der Waals surface area (Å²) in [5, 5.41) is 3.11. The van der Waals surface area contributed by atoms with Crippen LogP contribution < -0.4 is 5.32 Å². The third-order valence-electron chi connectivity index (χ3n) is 3.98. The van der Waals surface area contributed by atoms with Gasteiger partial charge in [0.15, 0.2) is 5.11 Å². The van der Waals surface area contributed by atoms with E-state index < -0.39 is 17.0 Å². The minimum atomic E-state index is -0.614. The lowest BCUT2D eigenvalue weighted by atomic mass is 9.95. The predicted molar refractivity (Wildman–Crippen MR) is 69.5 cm³/mol. The van der Waals surface area contributed by atoms with Gasteiger partial charge in [-0.2, -0.15) is 0 Å². The Morgan fingerprint density at radius 3 is 2.63 bits per heavy atom. The van der Waals surface area contributed by atoms with Crippen LogP contribution in [0.2, 0.25) is 0 Å². The van der Waals surface area contributed by atoms with E-state index in [9.17, 15) is 13.6 Å². The molecule has 1 N–H and O–H groups in total. The number of carbonyl (C=O) groups is 1. The van der Waals surface area contributed by atoms with Crippen molar-refractivity contribution in [3.05, 3.63) is 35.4 Å². The molecule has 1 saturated heterocycles. The summed E-state index contributed by atoms with van der Waals surface area (Å²) in [6.45, 7) is 0.388. The molecular formula is C13H12F2N2OS. The number of likely N-dealkylation sites (tertiary alicyclic amines) is 1. The lowest BCUT2D eigenvalue weighted by Crippen LogP contribution is -2.41. The fourth-order valence-electron chi connectivity index (χ4n) is 2.91. The van der Waals surface area contributed by atoms with Crippen molar-refractivity contribution in [3.8, 4) is 0 Å². The highest BCUT2D eigenvalue weighted by molar-refractivity contribution is 7.80.